The zero-order valence-corrected chi connectivity index (χ0v) is 13.2. The summed E-state index contributed by atoms with van der Waals surface area (Å²) in [6.07, 6.45) is 2.40. The van der Waals surface area contributed by atoms with Crippen LogP contribution < -0.4 is 5.32 Å². The molecule has 0 aliphatic rings. The van der Waals surface area contributed by atoms with Crippen LogP contribution in [0.5, 0.6) is 0 Å². The Morgan fingerprint density at radius 3 is 2.65 bits per heavy atom. The number of rotatable bonds is 4. The van der Waals surface area contributed by atoms with Gasteiger partial charge in [-0.2, -0.15) is 0 Å². The second kappa shape index (κ2) is 6.58. The first-order valence-electron chi connectivity index (χ1n) is 7.10. The van der Waals surface area contributed by atoms with E-state index in [1.165, 1.54) is 16.6 Å². The van der Waals surface area contributed by atoms with Gasteiger partial charge in [0, 0.05) is 5.56 Å². The second-order valence-electron chi connectivity index (χ2n) is 4.92. The van der Waals surface area contributed by atoms with Crippen LogP contribution in [0.3, 0.4) is 0 Å². The van der Waals surface area contributed by atoms with Gasteiger partial charge >= 0.3 is 0 Å². The number of carbonyl (C=O) groups excluding carboxylic acids is 1. The number of benzene rings is 2. The molecule has 0 spiro atoms. The fourth-order valence-electron chi connectivity index (χ4n) is 2.12. The monoisotopic (exact) mass is 327 g/mol. The molecule has 23 heavy (non-hydrogen) atoms. The van der Waals surface area contributed by atoms with Crippen molar-refractivity contribution in [1.29, 1.82) is 0 Å². The van der Waals surface area contributed by atoms with Crippen molar-refractivity contribution in [3.05, 3.63) is 64.9 Å². The van der Waals surface area contributed by atoms with Crippen molar-refractivity contribution in [3.8, 4) is 5.69 Å². The third-order valence-corrected chi connectivity index (χ3v) is 3.77. The lowest BCUT2D eigenvalue weighted by molar-refractivity contribution is 0.102. The number of nitrogens with zero attached hydrogens (tertiary/aromatic N) is 4. The van der Waals surface area contributed by atoms with Crippen LogP contribution in [-0.4, -0.2) is 26.1 Å². The van der Waals surface area contributed by atoms with Crippen molar-refractivity contribution in [2.45, 2.75) is 13.3 Å². The third-order valence-electron chi connectivity index (χ3n) is 3.44. The van der Waals surface area contributed by atoms with E-state index in [9.17, 15) is 4.79 Å². The van der Waals surface area contributed by atoms with Gasteiger partial charge in [0.1, 0.15) is 6.33 Å². The van der Waals surface area contributed by atoms with E-state index in [-0.39, 0.29) is 5.91 Å². The molecule has 0 fully saturated rings. The molecule has 3 aromatic rings. The number of aromatic nitrogens is 4. The average molecular weight is 328 g/mol. The number of hydrogen-bond donors (Lipinski definition) is 1. The average Bonchev–Trinajstić information content (AvgIpc) is 3.11. The molecule has 7 heteroatoms. The summed E-state index contributed by atoms with van der Waals surface area (Å²) >= 11 is 6.16. The van der Waals surface area contributed by atoms with Gasteiger partial charge in [-0.1, -0.05) is 30.7 Å². The maximum absolute atomic E-state index is 12.3. The van der Waals surface area contributed by atoms with E-state index in [4.69, 9.17) is 11.6 Å². The van der Waals surface area contributed by atoms with E-state index in [2.05, 4.69) is 27.8 Å². The Labute approximate surface area is 138 Å². The highest BCUT2D eigenvalue weighted by Crippen LogP contribution is 2.25. The molecular formula is C16H14ClN5O. The van der Waals surface area contributed by atoms with E-state index in [0.29, 0.717) is 22.0 Å². The van der Waals surface area contributed by atoms with Crippen molar-refractivity contribution in [2.75, 3.05) is 5.32 Å². The van der Waals surface area contributed by atoms with E-state index >= 15 is 0 Å². The summed E-state index contributed by atoms with van der Waals surface area (Å²) in [4.78, 5) is 12.3. The van der Waals surface area contributed by atoms with Crippen LogP contribution >= 0.6 is 11.6 Å². The minimum Gasteiger partial charge on any atom is -0.321 e. The molecule has 0 aliphatic carbocycles. The lowest BCUT2D eigenvalue weighted by Gasteiger charge is -2.09. The molecule has 1 heterocycles. The molecule has 0 atom stereocenters. The minimum atomic E-state index is -0.219. The number of halogens is 1. The highest BCUT2D eigenvalue weighted by molar-refractivity contribution is 6.34. The molecule has 0 radical (unpaired) electrons. The van der Waals surface area contributed by atoms with E-state index in [1.807, 2.05) is 12.1 Å². The Bertz CT molecular complexity index is 815. The summed E-state index contributed by atoms with van der Waals surface area (Å²) in [7, 11) is 0. The Kier molecular flexibility index (Phi) is 4.34. The van der Waals surface area contributed by atoms with Crippen molar-refractivity contribution in [1.82, 2.24) is 20.2 Å². The number of amides is 1. The molecule has 0 saturated heterocycles. The van der Waals surface area contributed by atoms with Crippen LogP contribution in [0.2, 0.25) is 5.02 Å². The SMILES string of the molecule is CCc1ccc(C(=O)Nc2cc(-n3cnnn3)ccc2Cl)cc1. The van der Waals surface area contributed by atoms with Crippen LogP contribution in [0.1, 0.15) is 22.8 Å². The molecule has 0 unspecified atom stereocenters. The first-order valence-corrected chi connectivity index (χ1v) is 7.48. The molecule has 1 amide bonds. The summed E-state index contributed by atoms with van der Waals surface area (Å²) in [5.74, 6) is -0.219. The molecule has 0 bridgehead atoms. The number of nitrogens with one attached hydrogen (secondary N) is 1. The summed E-state index contributed by atoms with van der Waals surface area (Å²) in [6, 6.07) is 12.7. The largest absolute Gasteiger partial charge is 0.321 e. The predicted octanol–water partition coefficient (Wildman–Crippen LogP) is 3.13. The van der Waals surface area contributed by atoms with Crippen molar-refractivity contribution < 1.29 is 4.79 Å². The molecule has 0 saturated carbocycles. The van der Waals surface area contributed by atoms with Crippen LogP contribution in [0.25, 0.3) is 5.69 Å². The molecule has 3 rings (SSSR count). The maximum atomic E-state index is 12.3. The van der Waals surface area contributed by atoms with Crippen molar-refractivity contribution in [2.24, 2.45) is 0 Å². The quantitative estimate of drug-likeness (QED) is 0.799. The molecule has 1 N–H and O–H groups in total. The normalized spacial score (nSPS) is 10.5. The van der Waals surface area contributed by atoms with Gasteiger partial charge in [0.2, 0.25) is 0 Å². The summed E-state index contributed by atoms with van der Waals surface area (Å²) < 4.78 is 1.49. The fraction of sp³-hybridized carbons (Fsp3) is 0.125. The smallest absolute Gasteiger partial charge is 0.255 e. The molecule has 6 nitrogen and oxygen atoms in total. The third kappa shape index (κ3) is 3.37. The van der Waals surface area contributed by atoms with Gasteiger partial charge in [0.15, 0.2) is 0 Å². The first kappa shape index (κ1) is 15.2. The number of anilines is 1. The molecular weight excluding hydrogens is 314 g/mol. The number of hydrogen-bond acceptors (Lipinski definition) is 4. The molecule has 2 aromatic carbocycles. The summed E-state index contributed by atoms with van der Waals surface area (Å²) in [5, 5.41) is 14.2. The van der Waals surface area contributed by atoms with Crippen molar-refractivity contribution >= 4 is 23.2 Å². The predicted molar refractivity (Wildman–Crippen MR) is 87.9 cm³/mol. The fourth-order valence-corrected chi connectivity index (χ4v) is 2.28. The van der Waals surface area contributed by atoms with Crippen molar-refractivity contribution in [3.63, 3.8) is 0 Å². The van der Waals surface area contributed by atoms with Gasteiger partial charge in [0.25, 0.3) is 5.91 Å². The highest BCUT2D eigenvalue weighted by atomic mass is 35.5. The van der Waals surface area contributed by atoms with Gasteiger partial charge in [-0.3, -0.25) is 4.79 Å². The van der Waals surface area contributed by atoms with Gasteiger partial charge in [0.05, 0.1) is 16.4 Å². The topological polar surface area (TPSA) is 72.7 Å². The summed E-state index contributed by atoms with van der Waals surface area (Å²) in [5.41, 5.74) is 2.96. The van der Waals surface area contributed by atoms with Gasteiger partial charge in [-0.05, 0) is 52.7 Å². The van der Waals surface area contributed by atoms with E-state index in [0.717, 1.165) is 6.42 Å². The van der Waals surface area contributed by atoms with Gasteiger partial charge in [-0.15, -0.1) is 5.10 Å². The highest BCUT2D eigenvalue weighted by Gasteiger charge is 2.10. The van der Waals surface area contributed by atoms with E-state index < -0.39 is 0 Å². The maximum Gasteiger partial charge on any atom is 0.255 e. The number of aryl methyl sites for hydroxylation is 1. The number of carbonyl (C=O) groups is 1. The lowest BCUT2D eigenvalue weighted by atomic mass is 10.1. The lowest BCUT2D eigenvalue weighted by Crippen LogP contribution is -2.12. The molecule has 1 aromatic heterocycles. The van der Waals surface area contributed by atoms with Crippen LogP contribution in [-0.2, 0) is 6.42 Å². The van der Waals surface area contributed by atoms with Crippen LogP contribution in [0.4, 0.5) is 5.69 Å². The molecule has 116 valence electrons. The van der Waals surface area contributed by atoms with Crippen LogP contribution in [0, 0.1) is 0 Å². The molecule has 0 aliphatic heterocycles. The summed E-state index contributed by atoms with van der Waals surface area (Å²) in [6.45, 7) is 2.07. The van der Waals surface area contributed by atoms with E-state index in [1.54, 1.807) is 30.3 Å². The standard InChI is InChI=1S/C16H14ClN5O/c1-2-11-3-5-12(6-4-11)16(23)19-15-9-13(7-8-14(15)17)22-10-18-20-21-22/h3-10H,2H2,1H3,(H,19,23). The Hall–Kier alpha value is -2.73. The zero-order valence-electron chi connectivity index (χ0n) is 12.4. The van der Waals surface area contributed by atoms with Crippen LogP contribution in [0.15, 0.2) is 48.8 Å². The Morgan fingerprint density at radius 1 is 1.22 bits per heavy atom. The Balaban J connectivity index is 1.83. The first-order chi connectivity index (χ1) is 11.2. The Morgan fingerprint density at radius 2 is 2.00 bits per heavy atom. The van der Waals surface area contributed by atoms with Gasteiger partial charge < -0.3 is 5.32 Å². The number of tetrazole rings is 1. The zero-order chi connectivity index (χ0) is 16.2. The van der Waals surface area contributed by atoms with Gasteiger partial charge in [-0.25, -0.2) is 4.68 Å². The minimum absolute atomic E-state index is 0.219. The second-order valence-corrected chi connectivity index (χ2v) is 5.33.